The zero-order chi connectivity index (χ0) is 28.5. The van der Waals surface area contributed by atoms with Crippen molar-refractivity contribution in [2.45, 2.75) is 56.8 Å². The van der Waals surface area contributed by atoms with Crippen LogP contribution in [0.5, 0.6) is 5.75 Å². The van der Waals surface area contributed by atoms with Gasteiger partial charge in [0.2, 0.25) is 5.60 Å². The smallest absolute Gasteiger partial charge is 0.349 e. The van der Waals surface area contributed by atoms with Gasteiger partial charge in [0.1, 0.15) is 17.6 Å². The number of likely N-dealkylation sites (N-methyl/N-ethyl adjacent to an activating group) is 1. The molecule has 1 aliphatic rings. The van der Waals surface area contributed by atoms with Crippen molar-refractivity contribution in [2.75, 3.05) is 26.7 Å². The van der Waals surface area contributed by atoms with E-state index in [1.165, 1.54) is 22.7 Å². The summed E-state index contributed by atoms with van der Waals surface area (Å²) in [4.78, 5) is 40.0. The molecular formula is C30H36N2O6S2. The van der Waals surface area contributed by atoms with Gasteiger partial charge in [0, 0.05) is 25.6 Å². The number of nitrogens with one attached hydrogen (secondary N) is 1. The standard InChI is InChI=1S/C30H36N2O6S2/c1-21(33)19-22-7-11-24(12-8-22)37-20-28(34)31-15-16-32(2)23-9-13-25(14-10-23)38-29(35)30(36,26-5-3-17-39-26)27-6-4-18-40-27/h3-8,11-12,17-18,23,25,36H,9-10,13-16,19-20H2,1-2H3,(H,31,34)/t23-,25-. The van der Waals surface area contributed by atoms with Crippen LogP contribution in [-0.2, 0) is 31.1 Å². The zero-order valence-electron chi connectivity index (χ0n) is 22.8. The Morgan fingerprint density at radius 2 is 1.62 bits per heavy atom. The maximum Gasteiger partial charge on any atom is 0.349 e. The molecule has 10 heteroatoms. The van der Waals surface area contributed by atoms with Gasteiger partial charge in [-0.25, -0.2) is 4.79 Å². The summed E-state index contributed by atoms with van der Waals surface area (Å²) in [7, 11) is 2.04. The fourth-order valence-electron chi connectivity index (χ4n) is 4.88. The van der Waals surface area contributed by atoms with Crippen molar-refractivity contribution in [2.24, 2.45) is 0 Å². The molecule has 8 nitrogen and oxygen atoms in total. The van der Waals surface area contributed by atoms with E-state index in [9.17, 15) is 19.5 Å². The van der Waals surface area contributed by atoms with Gasteiger partial charge >= 0.3 is 5.97 Å². The zero-order valence-corrected chi connectivity index (χ0v) is 24.5. The van der Waals surface area contributed by atoms with E-state index in [0.717, 1.165) is 31.2 Å². The molecule has 1 amide bonds. The molecule has 0 radical (unpaired) electrons. The first-order chi connectivity index (χ1) is 19.3. The van der Waals surface area contributed by atoms with Crippen molar-refractivity contribution in [1.82, 2.24) is 10.2 Å². The average molecular weight is 585 g/mol. The van der Waals surface area contributed by atoms with Crippen molar-refractivity contribution in [1.29, 1.82) is 0 Å². The Labute approximate surface area is 242 Å². The Morgan fingerprint density at radius 3 is 2.17 bits per heavy atom. The lowest BCUT2D eigenvalue weighted by molar-refractivity contribution is -0.169. The molecule has 0 bridgehead atoms. The van der Waals surface area contributed by atoms with Gasteiger partial charge in [0.05, 0.1) is 9.75 Å². The third kappa shape index (κ3) is 7.78. The summed E-state index contributed by atoms with van der Waals surface area (Å²) in [5.74, 6) is -0.130. The number of esters is 1. The number of carbonyl (C=O) groups is 3. The number of ether oxygens (including phenoxy) is 2. The van der Waals surface area contributed by atoms with E-state index in [-0.39, 0.29) is 24.4 Å². The minimum atomic E-state index is -1.78. The van der Waals surface area contributed by atoms with Crippen LogP contribution in [0.2, 0.25) is 0 Å². The van der Waals surface area contributed by atoms with Crippen LogP contribution in [0.25, 0.3) is 0 Å². The van der Waals surface area contributed by atoms with E-state index < -0.39 is 11.6 Å². The molecule has 1 aromatic carbocycles. The number of amides is 1. The summed E-state index contributed by atoms with van der Waals surface area (Å²) in [6, 6.07) is 14.7. The highest BCUT2D eigenvalue weighted by Gasteiger charge is 2.45. The number of thiophene rings is 2. The van der Waals surface area contributed by atoms with Crippen LogP contribution in [0, 0.1) is 0 Å². The van der Waals surface area contributed by atoms with E-state index >= 15 is 0 Å². The molecule has 0 spiro atoms. The van der Waals surface area contributed by atoms with Gasteiger partial charge < -0.3 is 24.8 Å². The number of carbonyl (C=O) groups excluding carboxylic acids is 3. The van der Waals surface area contributed by atoms with Gasteiger partial charge in [0.25, 0.3) is 5.91 Å². The molecule has 3 aromatic rings. The van der Waals surface area contributed by atoms with Gasteiger partial charge in [0.15, 0.2) is 6.61 Å². The molecule has 214 valence electrons. The summed E-state index contributed by atoms with van der Waals surface area (Å²) >= 11 is 2.67. The van der Waals surface area contributed by atoms with Gasteiger partial charge in [-0.3, -0.25) is 9.59 Å². The van der Waals surface area contributed by atoms with Gasteiger partial charge in [-0.15, -0.1) is 22.7 Å². The number of hydrogen-bond donors (Lipinski definition) is 2. The number of ketones is 1. The highest BCUT2D eigenvalue weighted by Crippen LogP contribution is 2.38. The summed E-state index contributed by atoms with van der Waals surface area (Å²) in [5, 5.41) is 18.0. The molecule has 0 atom stereocenters. The Morgan fingerprint density at radius 1 is 1.00 bits per heavy atom. The Balaban J connectivity index is 1.16. The van der Waals surface area contributed by atoms with Crippen molar-refractivity contribution in [3.8, 4) is 5.75 Å². The van der Waals surface area contributed by atoms with Crippen LogP contribution in [0.1, 0.15) is 47.9 Å². The molecule has 1 saturated carbocycles. The molecular weight excluding hydrogens is 548 g/mol. The molecule has 0 unspecified atom stereocenters. The van der Waals surface area contributed by atoms with Crippen LogP contribution in [-0.4, -0.2) is 66.6 Å². The van der Waals surface area contributed by atoms with Gasteiger partial charge in [-0.05, 0) is 80.2 Å². The second kappa shape index (κ2) is 14.0. The SMILES string of the molecule is CC(=O)Cc1ccc(OCC(=O)NCCN(C)[C@H]2CC[C@H](OC(=O)C(O)(c3cccs3)c3cccs3)CC2)cc1. The first kappa shape index (κ1) is 29.9. The monoisotopic (exact) mass is 584 g/mol. The highest BCUT2D eigenvalue weighted by molar-refractivity contribution is 7.12. The maximum absolute atomic E-state index is 13.2. The normalized spacial score (nSPS) is 17.4. The van der Waals surface area contributed by atoms with Crippen LogP contribution in [0.15, 0.2) is 59.3 Å². The molecule has 2 aromatic heterocycles. The molecule has 0 aliphatic heterocycles. The third-order valence-corrected chi connectivity index (χ3v) is 9.08. The lowest BCUT2D eigenvalue weighted by Crippen LogP contribution is -2.43. The Bertz CT molecular complexity index is 1200. The van der Waals surface area contributed by atoms with Crippen molar-refractivity contribution < 1.29 is 29.0 Å². The lowest BCUT2D eigenvalue weighted by atomic mass is 9.91. The summed E-state index contributed by atoms with van der Waals surface area (Å²) in [6.07, 6.45) is 3.31. The minimum Gasteiger partial charge on any atom is -0.484 e. The Hall–Kier alpha value is -3.05. The molecule has 1 fully saturated rings. The van der Waals surface area contributed by atoms with E-state index in [0.29, 0.717) is 41.1 Å². The van der Waals surface area contributed by atoms with E-state index in [1.54, 1.807) is 31.2 Å². The molecule has 2 heterocycles. The second-order valence-corrected chi connectivity index (χ2v) is 12.0. The lowest BCUT2D eigenvalue weighted by Gasteiger charge is -2.35. The first-order valence-corrected chi connectivity index (χ1v) is 15.2. The van der Waals surface area contributed by atoms with Gasteiger partial charge in [-0.1, -0.05) is 24.3 Å². The quantitative estimate of drug-likeness (QED) is 0.291. The molecule has 2 N–H and O–H groups in total. The number of hydrogen-bond acceptors (Lipinski definition) is 9. The van der Waals surface area contributed by atoms with Crippen molar-refractivity contribution >= 4 is 40.3 Å². The van der Waals surface area contributed by atoms with Crippen LogP contribution >= 0.6 is 22.7 Å². The first-order valence-electron chi connectivity index (χ1n) is 13.4. The molecule has 1 aliphatic carbocycles. The number of rotatable bonds is 13. The predicted molar refractivity (Wildman–Crippen MR) is 156 cm³/mol. The largest absolute Gasteiger partial charge is 0.484 e. The topological polar surface area (TPSA) is 105 Å². The second-order valence-electron chi connectivity index (χ2n) is 10.1. The Kier molecular flexibility index (Phi) is 10.5. The molecule has 4 rings (SSSR count). The molecule has 40 heavy (non-hydrogen) atoms. The predicted octanol–water partition coefficient (Wildman–Crippen LogP) is 4.16. The number of aliphatic hydroxyl groups is 1. The highest BCUT2D eigenvalue weighted by atomic mass is 32.1. The van der Waals surface area contributed by atoms with Crippen molar-refractivity contribution in [3.05, 3.63) is 74.6 Å². The van der Waals surface area contributed by atoms with Crippen LogP contribution in [0.3, 0.4) is 0 Å². The van der Waals surface area contributed by atoms with E-state index in [1.807, 2.05) is 42.1 Å². The number of nitrogens with zero attached hydrogens (tertiary/aromatic N) is 1. The van der Waals surface area contributed by atoms with Crippen LogP contribution in [0.4, 0.5) is 0 Å². The third-order valence-electron chi connectivity index (χ3n) is 7.12. The van der Waals surface area contributed by atoms with Gasteiger partial charge in [-0.2, -0.15) is 0 Å². The van der Waals surface area contributed by atoms with Crippen molar-refractivity contribution in [3.63, 3.8) is 0 Å². The van der Waals surface area contributed by atoms with E-state index in [4.69, 9.17) is 9.47 Å². The van der Waals surface area contributed by atoms with E-state index in [2.05, 4.69) is 10.2 Å². The summed E-state index contributed by atoms with van der Waals surface area (Å²) < 4.78 is 11.4. The minimum absolute atomic E-state index is 0.0739. The average Bonchev–Trinajstić information content (AvgIpc) is 3.68. The maximum atomic E-state index is 13.2. The molecule has 0 saturated heterocycles. The fraction of sp³-hybridized carbons (Fsp3) is 0.433. The number of Topliss-reactive ketones (excluding diaryl/α,β-unsaturated/α-hetero) is 1. The number of benzene rings is 1. The van der Waals surface area contributed by atoms with Crippen LogP contribution < -0.4 is 10.1 Å². The summed E-state index contributed by atoms with van der Waals surface area (Å²) in [5.41, 5.74) is -0.866. The summed E-state index contributed by atoms with van der Waals surface area (Å²) in [6.45, 7) is 2.67. The fourth-order valence-corrected chi connectivity index (χ4v) is 6.59.